The largest absolute Gasteiger partial charge is 0.462 e. The average molecular weight is 406 g/mol. The van der Waals surface area contributed by atoms with E-state index < -0.39 is 17.6 Å². The van der Waals surface area contributed by atoms with E-state index in [0.717, 1.165) is 0 Å². The van der Waals surface area contributed by atoms with Gasteiger partial charge in [0.1, 0.15) is 22.8 Å². The number of carbonyl (C=O) groups excluding carboxylic acids is 2. The van der Waals surface area contributed by atoms with Gasteiger partial charge < -0.3 is 31.6 Å². The van der Waals surface area contributed by atoms with Crippen LogP contribution < -0.4 is 22.1 Å². The summed E-state index contributed by atoms with van der Waals surface area (Å²) in [7, 11) is 0. The summed E-state index contributed by atoms with van der Waals surface area (Å²) in [6.07, 6.45) is 1.81. The molecule has 0 saturated heterocycles. The molecule has 0 amide bonds. The van der Waals surface area contributed by atoms with Crippen LogP contribution in [0.1, 0.15) is 20.8 Å². The Morgan fingerprint density at radius 1 is 1.14 bits per heavy atom. The maximum atomic E-state index is 12.6. The molecule has 0 fully saturated rings. The first-order valence-corrected chi connectivity index (χ1v) is 9.87. The first kappa shape index (κ1) is 19.8. The molecular formula is C17H22N6O4S. The lowest BCUT2D eigenvalue weighted by Crippen LogP contribution is -2.55. The summed E-state index contributed by atoms with van der Waals surface area (Å²) in [6, 6.07) is 0. The van der Waals surface area contributed by atoms with Gasteiger partial charge in [0.2, 0.25) is 0 Å². The van der Waals surface area contributed by atoms with Crippen LogP contribution >= 0.6 is 11.8 Å². The molecule has 1 atom stereocenters. The summed E-state index contributed by atoms with van der Waals surface area (Å²) in [5.74, 6) is -1.18. The Hall–Kier alpha value is -2.95. The second-order valence-corrected chi connectivity index (χ2v) is 6.94. The number of rotatable bonds is 4. The lowest BCUT2D eigenvalue weighted by molar-refractivity contribution is -0.139. The van der Waals surface area contributed by atoms with Crippen molar-refractivity contribution in [3.63, 3.8) is 0 Å². The second kappa shape index (κ2) is 7.23. The third-order valence-electron chi connectivity index (χ3n) is 4.31. The van der Waals surface area contributed by atoms with E-state index in [-0.39, 0.29) is 41.7 Å². The SMILES string of the molecule is CCOC(=O)C1=C(N)NC2(C)N=C(N)C(C(=O)OCC)=C3N=C(SC)NC1=C32. The molecule has 0 aliphatic carbocycles. The zero-order chi connectivity index (χ0) is 20.6. The fourth-order valence-corrected chi connectivity index (χ4v) is 3.64. The van der Waals surface area contributed by atoms with Gasteiger partial charge in [-0.2, -0.15) is 0 Å². The van der Waals surface area contributed by atoms with Crippen molar-refractivity contribution >= 4 is 34.7 Å². The van der Waals surface area contributed by atoms with Crippen molar-refractivity contribution in [1.29, 1.82) is 0 Å². The van der Waals surface area contributed by atoms with Crippen LogP contribution in [0.5, 0.6) is 0 Å². The Labute approximate surface area is 166 Å². The number of hydrogen-bond donors (Lipinski definition) is 4. The topological polar surface area (TPSA) is 153 Å². The van der Waals surface area contributed by atoms with E-state index in [2.05, 4.69) is 20.6 Å². The van der Waals surface area contributed by atoms with E-state index in [0.29, 0.717) is 16.4 Å². The molecule has 0 saturated carbocycles. The number of esters is 2. The number of nitrogens with one attached hydrogen (secondary N) is 2. The van der Waals surface area contributed by atoms with Crippen LogP contribution in [0, 0.1) is 0 Å². The molecular weight excluding hydrogens is 384 g/mol. The molecule has 3 rings (SSSR count). The highest BCUT2D eigenvalue weighted by Crippen LogP contribution is 2.42. The summed E-state index contributed by atoms with van der Waals surface area (Å²) in [5.41, 5.74) is 12.4. The van der Waals surface area contributed by atoms with Gasteiger partial charge in [-0.1, -0.05) is 11.8 Å². The van der Waals surface area contributed by atoms with Crippen molar-refractivity contribution in [3.05, 3.63) is 33.9 Å². The maximum Gasteiger partial charge on any atom is 0.344 e. The highest BCUT2D eigenvalue weighted by atomic mass is 32.2. The molecule has 1 unspecified atom stereocenters. The average Bonchev–Trinajstić information content (AvgIpc) is 2.60. The Morgan fingerprint density at radius 2 is 1.75 bits per heavy atom. The van der Waals surface area contributed by atoms with Crippen LogP contribution in [0.4, 0.5) is 0 Å². The van der Waals surface area contributed by atoms with Gasteiger partial charge in [0.25, 0.3) is 0 Å². The van der Waals surface area contributed by atoms with Gasteiger partial charge in [0.05, 0.1) is 30.2 Å². The normalized spacial score (nSPS) is 23.3. The fraction of sp³-hybridized carbons (Fsp3) is 0.412. The van der Waals surface area contributed by atoms with E-state index >= 15 is 0 Å². The van der Waals surface area contributed by atoms with E-state index in [4.69, 9.17) is 20.9 Å². The third-order valence-corrected chi connectivity index (χ3v) is 4.89. The Morgan fingerprint density at radius 3 is 2.32 bits per heavy atom. The molecule has 11 heteroatoms. The van der Waals surface area contributed by atoms with Gasteiger partial charge in [-0.3, -0.25) is 0 Å². The molecule has 3 aliphatic heterocycles. The monoisotopic (exact) mass is 406 g/mol. The molecule has 0 spiro atoms. The predicted octanol–water partition coefficient (Wildman–Crippen LogP) is -0.196. The van der Waals surface area contributed by atoms with Crippen molar-refractivity contribution in [1.82, 2.24) is 10.6 Å². The number of dihydropyridines is 2. The standard InChI is InChI=1S/C17H22N6O4S/c1-5-26-14(24)7-10-9-11(21-16(20-10)28-4)8(15(25)27-6-2)13(19)23-17(9,3)22-12(7)18/h22H,5-6,18H2,1-4H3,(H2,19,23)(H,20,21). The lowest BCUT2D eigenvalue weighted by Gasteiger charge is -2.42. The Kier molecular flexibility index (Phi) is 5.11. The predicted molar refractivity (Wildman–Crippen MR) is 106 cm³/mol. The van der Waals surface area contributed by atoms with Gasteiger partial charge in [0.15, 0.2) is 10.8 Å². The van der Waals surface area contributed by atoms with Gasteiger partial charge >= 0.3 is 11.9 Å². The van der Waals surface area contributed by atoms with Crippen molar-refractivity contribution < 1.29 is 19.1 Å². The van der Waals surface area contributed by atoms with E-state index in [1.54, 1.807) is 27.0 Å². The summed E-state index contributed by atoms with van der Waals surface area (Å²) in [5, 5.41) is 6.56. The third kappa shape index (κ3) is 3.01. The van der Waals surface area contributed by atoms with Crippen LogP contribution in [-0.4, -0.2) is 48.1 Å². The van der Waals surface area contributed by atoms with E-state index in [1.165, 1.54) is 11.8 Å². The molecule has 28 heavy (non-hydrogen) atoms. The number of carbonyl (C=O) groups is 2. The highest BCUT2D eigenvalue weighted by Gasteiger charge is 2.48. The first-order valence-electron chi connectivity index (χ1n) is 8.64. The van der Waals surface area contributed by atoms with Gasteiger partial charge in [0, 0.05) is 0 Å². The molecule has 0 aromatic carbocycles. The minimum Gasteiger partial charge on any atom is -0.462 e. The minimum atomic E-state index is -1.12. The number of aliphatic imine (C=N–C) groups is 2. The van der Waals surface area contributed by atoms with Crippen LogP contribution in [-0.2, 0) is 19.1 Å². The van der Waals surface area contributed by atoms with Gasteiger partial charge in [-0.05, 0) is 27.0 Å². The molecule has 0 bridgehead atoms. The smallest absolute Gasteiger partial charge is 0.344 e. The molecule has 150 valence electrons. The van der Waals surface area contributed by atoms with Crippen LogP contribution in [0.15, 0.2) is 43.9 Å². The van der Waals surface area contributed by atoms with Crippen molar-refractivity contribution in [2.75, 3.05) is 19.5 Å². The molecule has 0 aromatic rings. The summed E-state index contributed by atoms with van der Waals surface area (Å²) >= 11 is 1.30. The van der Waals surface area contributed by atoms with Gasteiger partial charge in [-0.25, -0.2) is 19.6 Å². The molecule has 10 nitrogen and oxygen atoms in total. The zero-order valence-electron chi connectivity index (χ0n) is 16.0. The number of nitrogens with two attached hydrogens (primary N) is 2. The first-order chi connectivity index (χ1) is 13.3. The quantitative estimate of drug-likeness (QED) is 0.465. The lowest BCUT2D eigenvalue weighted by atomic mass is 9.84. The zero-order valence-corrected chi connectivity index (χ0v) is 16.8. The molecule has 3 heterocycles. The number of amidine groups is 2. The number of thioether (sulfide) groups is 1. The Balaban J connectivity index is 2.30. The van der Waals surface area contributed by atoms with Crippen LogP contribution in [0.2, 0.25) is 0 Å². The minimum absolute atomic E-state index is 0.0231. The second-order valence-electron chi connectivity index (χ2n) is 6.14. The summed E-state index contributed by atoms with van der Waals surface area (Å²) in [4.78, 5) is 34.1. The van der Waals surface area contributed by atoms with E-state index in [1.807, 2.05) is 0 Å². The molecule has 0 radical (unpaired) electrons. The molecule has 3 aliphatic rings. The number of hydrogen-bond acceptors (Lipinski definition) is 11. The Bertz CT molecular complexity index is 917. The van der Waals surface area contributed by atoms with Crippen molar-refractivity contribution in [3.8, 4) is 0 Å². The number of nitrogens with zero attached hydrogens (tertiary/aromatic N) is 2. The number of ether oxygens (including phenoxy) is 2. The molecule has 0 aromatic heterocycles. The maximum absolute atomic E-state index is 12.6. The van der Waals surface area contributed by atoms with Crippen LogP contribution in [0.3, 0.4) is 0 Å². The summed E-state index contributed by atoms with van der Waals surface area (Å²) in [6.45, 7) is 5.47. The van der Waals surface area contributed by atoms with Crippen molar-refractivity contribution in [2.45, 2.75) is 26.4 Å². The molecule has 6 N–H and O–H groups in total. The van der Waals surface area contributed by atoms with Crippen LogP contribution in [0.25, 0.3) is 0 Å². The summed E-state index contributed by atoms with van der Waals surface area (Å²) < 4.78 is 10.3. The van der Waals surface area contributed by atoms with Crippen molar-refractivity contribution in [2.24, 2.45) is 21.5 Å². The van der Waals surface area contributed by atoms with E-state index in [9.17, 15) is 9.59 Å². The van der Waals surface area contributed by atoms with Gasteiger partial charge in [-0.15, -0.1) is 0 Å². The highest BCUT2D eigenvalue weighted by molar-refractivity contribution is 8.13. The fourth-order valence-electron chi connectivity index (χ4n) is 3.26.